The highest BCUT2D eigenvalue weighted by molar-refractivity contribution is 5.95. The van der Waals surface area contributed by atoms with Gasteiger partial charge in [-0.2, -0.15) is 5.26 Å². The van der Waals surface area contributed by atoms with Crippen molar-refractivity contribution in [3.8, 4) is 11.8 Å². The van der Waals surface area contributed by atoms with Crippen molar-refractivity contribution in [2.75, 3.05) is 6.61 Å². The van der Waals surface area contributed by atoms with E-state index in [1.807, 2.05) is 0 Å². The van der Waals surface area contributed by atoms with Crippen LogP contribution in [0.4, 0.5) is 4.39 Å². The number of ether oxygens (including phenoxy) is 1. The number of aromatic nitrogens is 1. The van der Waals surface area contributed by atoms with E-state index >= 15 is 0 Å². The van der Waals surface area contributed by atoms with Crippen LogP contribution < -0.4 is 4.74 Å². The molecule has 96 valence electrons. The molecule has 1 heterocycles. The molecule has 1 aromatic heterocycles. The lowest BCUT2D eigenvalue weighted by molar-refractivity contribution is 0.0913. The van der Waals surface area contributed by atoms with Gasteiger partial charge in [-0.25, -0.2) is 4.39 Å². The lowest BCUT2D eigenvalue weighted by Crippen LogP contribution is -2.15. The fourth-order valence-corrected chi connectivity index (χ4v) is 1.70. The highest BCUT2D eigenvalue weighted by Gasteiger charge is 2.13. The van der Waals surface area contributed by atoms with Crippen LogP contribution in [0.5, 0.6) is 5.75 Å². The van der Waals surface area contributed by atoms with Crippen LogP contribution in [-0.4, -0.2) is 17.0 Å². The summed E-state index contributed by atoms with van der Waals surface area (Å²) in [6.07, 6.45) is 1.75. The number of rotatable bonds is 4. The number of ketones is 1. The Labute approximate surface area is 109 Å². The molecule has 0 radical (unpaired) electrons. The molecule has 4 nitrogen and oxygen atoms in total. The Kier molecular flexibility index (Phi) is 3.62. The normalized spacial score (nSPS) is 9.95. The molecule has 0 aliphatic carbocycles. The second-order valence-corrected chi connectivity index (χ2v) is 3.94. The van der Waals surface area contributed by atoms with Crippen LogP contribution in [0, 0.1) is 17.1 Å². The average Bonchev–Trinajstić information content (AvgIpc) is 2.82. The van der Waals surface area contributed by atoms with Crippen LogP contribution in [0.3, 0.4) is 0 Å². The summed E-state index contributed by atoms with van der Waals surface area (Å²) >= 11 is 0. The third kappa shape index (κ3) is 2.63. The Morgan fingerprint density at radius 2 is 2.21 bits per heavy atom. The molecule has 5 heteroatoms. The summed E-state index contributed by atoms with van der Waals surface area (Å²) in [5, 5.41) is 8.83. The van der Waals surface area contributed by atoms with Gasteiger partial charge in [0.25, 0.3) is 0 Å². The summed E-state index contributed by atoms with van der Waals surface area (Å²) in [6, 6.07) is 9.19. The standard InChI is InChI=1S/C14H11FN2O2/c1-17-7-3-5-12(17)13(18)9-19-14-6-2-4-11(15)10(14)8-16/h2-7H,9H2,1H3. The van der Waals surface area contributed by atoms with Gasteiger partial charge in [-0.1, -0.05) is 6.07 Å². The molecular weight excluding hydrogens is 247 g/mol. The zero-order valence-electron chi connectivity index (χ0n) is 10.3. The quantitative estimate of drug-likeness (QED) is 0.791. The third-order valence-corrected chi connectivity index (χ3v) is 2.68. The van der Waals surface area contributed by atoms with E-state index in [9.17, 15) is 9.18 Å². The lowest BCUT2D eigenvalue weighted by atomic mass is 10.2. The Bertz CT molecular complexity index is 656. The van der Waals surface area contributed by atoms with Crippen molar-refractivity contribution < 1.29 is 13.9 Å². The van der Waals surface area contributed by atoms with Crippen LogP contribution in [0.1, 0.15) is 16.1 Å². The number of carbonyl (C=O) groups is 1. The number of nitriles is 1. The number of carbonyl (C=O) groups excluding carboxylic acids is 1. The minimum Gasteiger partial charge on any atom is -0.484 e. The first-order valence-electron chi connectivity index (χ1n) is 5.59. The summed E-state index contributed by atoms with van der Waals surface area (Å²) in [5.74, 6) is -0.822. The second-order valence-electron chi connectivity index (χ2n) is 3.94. The van der Waals surface area contributed by atoms with Gasteiger partial charge >= 0.3 is 0 Å². The number of aryl methyl sites for hydroxylation is 1. The molecule has 0 aliphatic rings. The first kappa shape index (κ1) is 12.8. The van der Waals surface area contributed by atoms with Crippen molar-refractivity contribution in [2.24, 2.45) is 7.05 Å². The monoisotopic (exact) mass is 258 g/mol. The molecular formula is C14H11FN2O2. The molecule has 0 saturated heterocycles. The second kappa shape index (κ2) is 5.36. The zero-order chi connectivity index (χ0) is 13.8. The Balaban J connectivity index is 2.12. The largest absolute Gasteiger partial charge is 0.484 e. The number of Topliss-reactive ketones (excluding diaryl/α,β-unsaturated/α-hetero) is 1. The van der Waals surface area contributed by atoms with Crippen molar-refractivity contribution in [1.29, 1.82) is 5.26 Å². The Morgan fingerprint density at radius 1 is 1.42 bits per heavy atom. The number of hydrogen-bond acceptors (Lipinski definition) is 3. The Hall–Kier alpha value is -2.61. The summed E-state index contributed by atoms with van der Waals surface area (Å²) in [7, 11) is 1.75. The first-order valence-corrected chi connectivity index (χ1v) is 5.59. The lowest BCUT2D eigenvalue weighted by Gasteiger charge is -2.08. The van der Waals surface area contributed by atoms with Crippen LogP contribution in [-0.2, 0) is 7.05 Å². The summed E-state index contributed by atoms with van der Waals surface area (Å²) in [5.41, 5.74) is 0.303. The number of benzene rings is 1. The molecule has 0 atom stereocenters. The molecule has 0 fully saturated rings. The molecule has 2 rings (SSSR count). The topological polar surface area (TPSA) is 55.0 Å². The van der Waals surface area contributed by atoms with Crippen molar-refractivity contribution >= 4 is 5.78 Å². The Morgan fingerprint density at radius 3 is 2.84 bits per heavy atom. The maximum Gasteiger partial charge on any atom is 0.216 e. The molecule has 2 aromatic rings. The molecule has 0 bridgehead atoms. The summed E-state index contributed by atoms with van der Waals surface area (Å²) in [6.45, 7) is -0.240. The number of hydrogen-bond donors (Lipinski definition) is 0. The van der Waals surface area contributed by atoms with Gasteiger partial charge in [0.1, 0.15) is 23.2 Å². The number of nitrogens with zero attached hydrogens (tertiary/aromatic N) is 2. The third-order valence-electron chi connectivity index (χ3n) is 2.68. The molecule has 1 aromatic carbocycles. The van der Waals surface area contributed by atoms with Gasteiger partial charge < -0.3 is 9.30 Å². The fourth-order valence-electron chi connectivity index (χ4n) is 1.70. The van der Waals surface area contributed by atoms with Gasteiger partial charge in [0.05, 0.1) is 5.69 Å². The van der Waals surface area contributed by atoms with Crippen molar-refractivity contribution in [3.63, 3.8) is 0 Å². The predicted octanol–water partition coefficient (Wildman–Crippen LogP) is 2.30. The minimum absolute atomic E-state index is 0.0741. The van der Waals surface area contributed by atoms with Gasteiger partial charge in [-0.3, -0.25) is 4.79 Å². The van der Waals surface area contributed by atoms with Crippen molar-refractivity contribution in [2.45, 2.75) is 0 Å². The average molecular weight is 258 g/mol. The molecule has 0 N–H and O–H groups in total. The first-order chi connectivity index (χ1) is 9.13. The maximum absolute atomic E-state index is 13.3. The van der Waals surface area contributed by atoms with Crippen molar-refractivity contribution in [3.05, 3.63) is 53.6 Å². The van der Waals surface area contributed by atoms with Gasteiger partial charge in [0.2, 0.25) is 5.78 Å². The maximum atomic E-state index is 13.3. The van der Waals surface area contributed by atoms with Crippen LogP contribution in [0.2, 0.25) is 0 Å². The smallest absolute Gasteiger partial charge is 0.216 e. The van der Waals surface area contributed by atoms with Gasteiger partial charge in [0.15, 0.2) is 6.61 Å². The van der Waals surface area contributed by atoms with Crippen LogP contribution >= 0.6 is 0 Å². The molecule has 19 heavy (non-hydrogen) atoms. The summed E-state index contributed by atoms with van der Waals surface area (Å²) in [4.78, 5) is 11.9. The fraction of sp³-hybridized carbons (Fsp3) is 0.143. The van der Waals surface area contributed by atoms with Crippen LogP contribution in [0.15, 0.2) is 36.5 Å². The zero-order valence-corrected chi connectivity index (χ0v) is 10.3. The van der Waals surface area contributed by atoms with E-state index in [0.29, 0.717) is 5.69 Å². The van der Waals surface area contributed by atoms with Crippen LogP contribution in [0.25, 0.3) is 0 Å². The van der Waals surface area contributed by atoms with E-state index in [1.165, 1.54) is 18.2 Å². The van der Waals surface area contributed by atoms with E-state index in [0.717, 1.165) is 0 Å². The molecule has 0 aliphatic heterocycles. The highest BCUT2D eigenvalue weighted by Crippen LogP contribution is 2.20. The molecule has 0 spiro atoms. The predicted molar refractivity (Wildman–Crippen MR) is 66.4 cm³/mol. The van der Waals surface area contributed by atoms with Gasteiger partial charge in [-0.05, 0) is 24.3 Å². The summed E-state index contributed by atoms with van der Waals surface area (Å²) < 4.78 is 20.2. The highest BCUT2D eigenvalue weighted by atomic mass is 19.1. The van der Waals surface area contributed by atoms with E-state index in [-0.39, 0.29) is 23.7 Å². The minimum atomic E-state index is -0.661. The molecule has 0 unspecified atom stereocenters. The van der Waals surface area contributed by atoms with Crippen molar-refractivity contribution in [1.82, 2.24) is 4.57 Å². The number of halogens is 1. The van der Waals surface area contributed by atoms with E-state index in [1.54, 1.807) is 36.0 Å². The van der Waals surface area contributed by atoms with E-state index in [4.69, 9.17) is 10.00 Å². The van der Waals surface area contributed by atoms with E-state index < -0.39 is 5.82 Å². The van der Waals surface area contributed by atoms with E-state index in [2.05, 4.69) is 0 Å². The molecule has 0 saturated carbocycles. The van der Waals surface area contributed by atoms with Gasteiger partial charge in [0, 0.05) is 13.2 Å². The molecule has 0 amide bonds. The van der Waals surface area contributed by atoms with Gasteiger partial charge in [-0.15, -0.1) is 0 Å². The SMILES string of the molecule is Cn1cccc1C(=O)COc1cccc(F)c1C#N.